The van der Waals surface area contributed by atoms with Crippen molar-refractivity contribution in [2.45, 2.75) is 50.9 Å². The number of anilines is 2. The van der Waals surface area contributed by atoms with E-state index in [4.69, 9.17) is 15.2 Å². The van der Waals surface area contributed by atoms with Crippen LogP contribution in [0.3, 0.4) is 0 Å². The van der Waals surface area contributed by atoms with E-state index in [-0.39, 0.29) is 18.3 Å². The molecule has 0 radical (unpaired) electrons. The van der Waals surface area contributed by atoms with E-state index in [0.29, 0.717) is 23.5 Å². The van der Waals surface area contributed by atoms with Crippen molar-refractivity contribution < 1.29 is 24.5 Å². The first-order valence-corrected chi connectivity index (χ1v) is 11.2. The van der Waals surface area contributed by atoms with Crippen LogP contribution in [0.1, 0.15) is 27.0 Å². The van der Waals surface area contributed by atoms with E-state index in [1.165, 1.54) is 22.7 Å². The minimum absolute atomic E-state index is 0.153. The van der Waals surface area contributed by atoms with Crippen LogP contribution in [0.5, 0.6) is 0 Å². The Hall–Kier alpha value is -2.35. The quantitative estimate of drug-likeness (QED) is 0.364. The highest BCUT2D eigenvalue weighted by Gasteiger charge is 2.44. The number of nitrogen functional groups attached to an aromatic ring is 1. The summed E-state index contributed by atoms with van der Waals surface area (Å²) in [5.74, 6) is 0.919. The van der Waals surface area contributed by atoms with Crippen molar-refractivity contribution in [3.63, 3.8) is 0 Å². The first-order chi connectivity index (χ1) is 14.6. The topological polar surface area (TPSA) is 170 Å². The molecule has 0 bridgehead atoms. The van der Waals surface area contributed by atoms with E-state index >= 15 is 0 Å². The summed E-state index contributed by atoms with van der Waals surface area (Å²) in [4.78, 5) is 24.5. The third-order valence-electron chi connectivity index (χ3n) is 4.47. The van der Waals surface area contributed by atoms with Gasteiger partial charge in [-0.2, -0.15) is 21.7 Å². The minimum atomic E-state index is -1.14. The summed E-state index contributed by atoms with van der Waals surface area (Å²) in [6.45, 7) is 5.96. The lowest BCUT2D eigenvalue weighted by Gasteiger charge is -2.19. The monoisotopic (exact) mass is 455 g/mol. The molecule has 13 heteroatoms. The second kappa shape index (κ2) is 9.42. The van der Waals surface area contributed by atoms with Crippen LogP contribution in [-0.2, 0) is 9.47 Å². The van der Waals surface area contributed by atoms with Crippen LogP contribution in [0.15, 0.2) is 6.33 Å². The maximum absolute atomic E-state index is 11.7. The Labute approximate surface area is 183 Å². The molecule has 1 fully saturated rings. The highest BCUT2D eigenvalue weighted by molar-refractivity contribution is 7.98. The lowest BCUT2D eigenvalue weighted by molar-refractivity contribution is -0.0288. The molecule has 3 heterocycles. The summed E-state index contributed by atoms with van der Waals surface area (Å²) < 4.78 is 12.5. The molecule has 0 saturated carbocycles. The van der Waals surface area contributed by atoms with Crippen LogP contribution >= 0.6 is 11.8 Å². The number of hydrogen-bond donors (Lipinski definition) is 5. The van der Waals surface area contributed by atoms with E-state index in [1.54, 1.807) is 20.8 Å². The van der Waals surface area contributed by atoms with Gasteiger partial charge in [-0.25, -0.2) is 9.78 Å². The zero-order chi connectivity index (χ0) is 22.8. The number of carbonyl (C=O) groups excluding carboxylic acids is 1. The number of fused-ring (bicyclic) bond motifs is 1. The Bertz CT molecular complexity index is 919. The third kappa shape index (κ3) is 5.47. The van der Waals surface area contributed by atoms with Gasteiger partial charge in [-0.3, -0.25) is 4.57 Å². The second-order valence-corrected chi connectivity index (χ2v) is 9.02. The Morgan fingerprint density at radius 2 is 2.06 bits per heavy atom. The van der Waals surface area contributed by atoms with Crippen LogP contribution in [0.4, 0.5) is 16.6 Å². The molecular formula is C18H29N7O5S. The van der Waals surface area contributed by atoms with Crippen molar-refractivity contribution in [3.8, 4) is 0 Å². The number of ether oxygens (including phenoxy) is 2. The van der Waals surface area contributed by atoms with Gasteiger partial charge in [-0.1, -0.05) is 0 Å². The molecule has 1 aliphatic rings. The van der Waals surface area contributed by atoms with Gasteiger partial charge >= 0.3 is 6.09 Å². The average Bonchev–Trinajstić information content (AvgIpc) is 3.21. The number of nitrogens with zero attached hydrogens (tertiary/aromatic N) is 4. The van der Waals surface area contributed by atoms with Crippen molar-refractivity contribution in [1.82, 2.24) is 24.8 Å². The molecule has 4 unspecified atom stereocenters. The van der Waals surface area contributed by atoms with Crippen LogP contribution in [0.2, 0.25) is 0 Å². The van der Waals surface area contributed by atoms with E-state index in [0.717, 1.165) is 0 Å². The molecule has 1 aliphatic heterocycles. The summed E-state index contributed by atoms with van der Waals surface area (Å²) >= 11 is 1.51. The molecule has 0 aliphatic carbocycles. The molecule has 6 N–H and O–H groups in total. The molecule has 1 amide bonds. The number of aliphatic hydroxyl groups excluding tert-OH is 2. The average molecular weight is 456 g/mol. The van der Waals surface area contributed by atoms with Gasteiger partial charge in [0.1, 0.15) is 23.3 Å². The number of amides is 1. The van der Waals surface area contributed by atoms with Crippen LogP contribution < -0.4 is 16.4 Å². The normalized spacial score (nSPS) is 23.8. The summed E-state index contributed by atoms with van der Waals surface area (Å²) in [7, 11) is 0. The SMILES string of the molecule is CSCC1OC(n2cnc3c(N)nc(NCCNC(=O)OC(C)(C)C)nc32)C(O)C1O. The molecule has 12 nitrogen and oxygen atoms in total. The van der Waals surface area contributed by atoms with Gasteiger partial charge in [0.15, 0.2) is 17.7 Å². The number of imidazole rings is 1. The predicted molar refractivity (Wildman–Crippen MR) is 117 cm³/mol. The van der Waals surface area contributed by atoms with Crippen molar-refractivity contribution in [2.24, 2.45) is 0 Å². The number of carbonyl (C=O) groups is 1. The maximum atomic E-state index is 11.7. The Morgan fingerprint density at radius 1 is 1.32 bits per heavy atom. The number of aliphatic hydroxyl groups is 2. The first-order valence-electron chi connectivity index (χ1n) is 9.82. The molecule has 3 rings (SSSR count). The fraction of sp³-hybridized carbons (Fsp3) is 0.667. The summed E-state index contributed by atoms with van der Waals surface area (Å²) in [5.41, 5.74) is 6.15. The molecule has 1 saturated heterocycles. The Balaban J connectivity index is 1.69. The lowest BCUT2D eigenvalue weighted by atomic mass is 10.1. The Morgan fingerprint density at radius 3 is 2.74 bits per heavy atom. The van der Waals surface area contributed by atoms with Crippen LogP contribution in [-0.4, -0.2) is 84.8 Å². The number of thioether (sulfide) groups is 1. The number of aromatic nitrogens is 4. The Kier molecular flexibility index (Phi) is 7.09. The fourth-order valence-corrected chi connectivity index (χ4v) is 3.72. The second-order valence-electron chi connectivity index (χ2n) is 8.11. The first kappa shape index (κ1) is 23.3. The van der Waals surface area contributed by atoms with E-state index < -0.39 is 36.2 Å². The number of nitrogens with one attached hydrogen (secondary N) is 2. The summed E-state index contributed by atoms with van der Waals surface area (Å²) in [6, 6.07) is 0. The highest BCUT2D eigenvalue weighted by atomic mass is 32.2. The number of hydrogen-bond acceptors (Lipinski definition) is 11. The predicted octanol–water partition coefficient (Wildman–Crippen LogP) is 0.327. The van der Waals surface area contributed by atoms with Crippen LogP contribution in [0, 0.1) is 0 Å². The fourth-order valence-electron chi connectivity index (χ4n) is 3.12. The molecular weight excluding hydrogens is 426 g/mol. The molecule has 31 heavy (non-hydrogen) atoms. The van der Waals surface area contributed by atoms with Crippen molar-refractivity contribution >= 4 is 40.8 Å². The standard InChI is InChI=1S/C18H29N7O5S/c1-18(2,3)30-17(28)21-6-5-20-16-23-13(19)10-14(24-16)25(8-22-10)15-12(27)11(26)9(29-15)7-31-4/h8-9,11-12,15,26-27H,5-7H2,1-4H3,(H,21,28)(H3,19,20,23,24). The zero-order valence-corrected chi connectivity index (χ0v) is 18.7. The van der Waals surface area contributed by atoms with E-state index in [1.807, 2.05) is 6.26 Å². The minimum Gasteiger partial charge on any atom is -0.444 e. The highest BCUT2D eigenvalue weighted by Crippen LogP contribution is 2.33. The summed E-state index contributed by atoms with van der Waals surface area (Å²) in [6.07, 6.45) is -0.701. The molecule has 2 aromatic heterocycles. The number of rotatable bonds is 7. The lowest BCUT2D eigenvalue weighted by Crippen LogP contribution is -2.35. The van der Waals surface area contributed by atoms with Gasteiger partial charge in [0.25, 0.3) is 0 Å². The molecule has 2 aromatic rings. The zero-order valence-electron chi connectivity index (χ0n) is 17.9. The van der Waals surface area contributed by atoms with E-state index in [9.17, 15) is 15.0 Å². The van der Waals surface area contributed by atoms with E-state index in [2.05, 4.69) is 25.6 Å². The van der Waals surface area contributed by atoms with Crippen molar-refractivity contribution in [2.75, 3.05) is 36.1 Å². The third-order valence-corrected chi connectivity index (χ3v) is 5.13. The number of alkyl carbamates (subject to hydrolysis) is 1. The largest absolute Gasteiger partial charge is 0.444 e. The number of nitrogens with two attached hydrogens (primary N) is 1. The van der Waals surface area contributed by atoms with Crippen LogP contribution in [0.25, 0.3) is 11.2 Å². The van der Waals surface area contributed by atoms with Gasteiger partial charge in [-0.15, -0.1) is 0 Å². The van der Waals surface area contributed by atoms with Gasteiger partial charge < -0.3 is 36.1 Å². The molecule has 0 aromatic carbocycles. The molecule has 0 spiro atoms. The smallest absolute Gasteiger partial charge is 0.407 e. The van der Waals surface area contributed by atoms with Gasteiger partial charge in [0.05, 0.1) is 12.4 Å². The van der Waals surface area contributed by atoms with Gasteiger partial charge in [0, 0.05) is 18.8 Å². The van der Waals surface area contributed by atoms with Crippen molar-refractivity contribution in [3.05, 3.63) is 6.33 Å². The molecule has 172 valence electrons. The summed E-state index contributed by atoms with van der Waals surface area (Å²) in [5, 5.41) is 26.3. The van der Waals surface area contributed by atoms with Gasteiger partial charge in [-0.05, 0) is 27.0 Å². The maximum Gasteiger partial charge on any atom is 0.407 e. The molecule has 4 atom stereocenters. The van der Waals surface area contributed by atoms with Crippen molar-refractivity contribution in [1.29, 1.82) is 0 Å². The van der Waals surface area contributed by atoms with Gasteiger partial charge in [0.2, 0.25) is 5.95 Å².